The van der Waals surface area contributed by atoms with E-state index in [9.17, 15) is 18.0 Å². The van der Waals surface area contributed by atoms with Crippen LogP contribution in [0.5, 0.6) is 0 Å². The molecule has 0 saturated carbocycles. The van der Waals surface area contributed by atoms with Gasteiger partial charge in [0.05, 0.1) is 12.9 Å². The standard InChI is InChI=1S/C18H28F3NO2/c1-6-14(12-13(3)24-5)15(18(19,20)21)16(23)22-10-8-17(4,7-2)9-11-22/h6,12,15H,7-11H2,1-5H3/b13-12+,14-6+. The van der Waals surface area contributed by atoms with Crippen LogP contribution in [0.3, 0.4) is 0 Å². The SMILES string of the molecule is C/C=C(\C=C(/C)OC)C(C(=O)N1CCC(C)(CC)CC1)C(F)(F)F. The average molecular weight is 347 g/mol. The summed E-state index contributed by atoms with van der Waals surface area (Å²) in [5.41, 5.74) is 0.0381. The Kier molecular flexibility index (Phi) is 6.93. The van der Waals surface area contributed by atoms with Crippen molar-refractivity contribution in [1.29, 1.82) is 0 Å². The zero-order chi connectivity index (χ0) is 18.5. The first-order valence-electron chi connectivity index (χ1n) is 8.32. The van der Waals surface area contributed by atoms with Gasteiger partial charge in [-0.2, -0.15) is 13.2 Å². The fourth-order valence-corrected chi connectivity index (χ4v) is 2.90. The minimum Gasteiger partial charge on any atom is -0.501 e. The molecule has 1 unspecified atom stereocenters. The van der Waals surface area contributed by atoms with Gasteiger partial charge in [0, 0.05) is 13.1 Å². The normalized spacial score (nSPS) is 20.8. The first-order chi connectivity index (χ1) is 11.1. The highest BCUT2D eigenvalue weighted by atomic mass is 19.4. The molecule has 1 aliphatic rings. The molecular weight excluding hydrogens is 319 g/mol. The molecule has 0 spiro atoms. The number of carbonyl (C=O) groups is 1. The number of rotatable bonds is 5. The van der Waals surface area contributed by atoms with Crippen LogP contribution in [0.15, 0.2) is 23.5 Å². The molecule has 0 radical (unpaired) electrons. The lowest BCUT2D eigenvalue weighted by Crippen LogP contribution is -2.48. The van der Waals surface area contributed by atoms with E-state index in [1.165, 1.54) is 31.1 Å². The Morgan fingerprint density at radius 2 is 1.88 bits per heavy atom. The lowest BCUT2D eigenvalue weighted by atomic mass is 9.78. The topological polar surface area (TPSA) is 29.5 Å². The second-order valence-corrected chi connectivity index (χ2v) is 6.71. The number of allylic oxidation sites excluding steroid dienone is 3. The van der Waals surface area contributed by atoms with E-state index < -0.39 is 18.0 Å². The minimum atomic E-state index is -4.63. The van der Waals surface area contributed by atoms with E-state index in [4.69, 9.17) is 4.74 Å². The summed E-state index contributed by atoms with van der Waals surface area (Å²) in [5.74, 6) is -2.67. The molecule has 138 valence electrons. The Balaban J connectivity index is 3.04. The van der Waals surface area contributed by atoms with E-state index in [0.29, 0.717) is 18.8 Å². The van der Waals surface area contributed by atoms with Crippen molar-refractivity contribution in [3.8, 4) is 0 Å². The predicted octanol–water partition coefficient (Wildman–Crippen LogP) is 4.70. The smallest absolute Gasteiger partial charge is 0.404 e. The third kappa shape index (κ3) is 5.02. The molecule has 0 aromatic rings. The quantitative estimate of drug-likeness (QED) is 0.533. The van der Waals surface area contributed by atoms with E-state index in [1.807, 2.05) is 0 Å². The zero-order valence-corrected chi connectivity index (χ0v) is 15.2. The summed E-state index contributed by atoms with van der Waals surface area (Å²) < 4.78 is 45.7. The number of nitrogens with zero attached hydrogens (tertiary/aromatic N) is 1. The van der Waals surface area contributed by atoms with Gasteiger partial charge in [0.15, 0.2) is 5.92 Å². The zero-order valence-electron chi connectivity index (χ0n) is 15.2. The number of methoxy groups -OCH3 is 1. The minimum absolute atomic E-state index is 0.0734. The number of hydrogen-bond donors (Lipinski definition) is 0. The van der Waals surface area contributed by atoms with E-state index >= 15 is 0 Å². The number of piperidine rings is 1. The second kappa shape index (κ2) is 8.08. The van der Waals surface area contributed by atoms with E-state index in [-0.39, 0.29) is 11.0 Å². The van der Waals surface area contributed by atoms with Crippen molar-refractivity contribution in [2.75, 3.05) is 20.2 Å². The largest absolute Gasteiger partial charge is 0.501 e. The van der Waals surface area contributed by atoms with Crippen LogP contribution in [0.2, 0.25) is 0 Å². The third-order valence-electron chi connectivity index (χ3n) is 5.07. The van der Waals surface area contributed by atoms with Gasteiger partial charge in [-0.05, 0) is 43.8 Å². The maximum Gasteiger partial charge on any atom is 0.404 e. The molecule has 0 N–H and O–H groups in total. The predicted molar refractivity (Wildman–Crippen MR) is 88.3 cm³/mol. The van der Waals surface area contributed by atoms with Crippen LogP contribution >= 0.6 is 0 Å². The van der Waals surface area contributed by atoms with Gasteiger partial charge in [0.1, 0.15) is 0 Å². The van der Waals surface area contributed by atoms with Crippen LogP contribution in [0.25, 0.3) is 0 Å². The highest BCUT2D eigenvalue weighted by Gasteiger charge is 2.48. The van der Waals surface area contributed by atoms with Gasteiger partial charge in [0.25, 0.3) is 0 Å². The molecule has 6 heteroatoms. The summed E-state index contributed by atoms with van der Waals surface area (Å²) in [6, 6.07) is 0. The van der Waals surface area contributed by atoms with Crippen LogP contribution in [0.4, 0.5) is 13.2 Å². The van der Waals surface area contributed by atoms with E-state index in [1.54, 1.807) is 6.92 Å². The molecule has 3 nitrogen and oxygen atoms in total. The number of ether oxygens (including phenoxy) is 1. The maximum atomic E-state index is 13.6. The van der Waals surface area contributed by atoms with Crippen molar-refractivity contribution in [2.24, 2.45) is 11.3 Å². The summed E-state index contributed by atoms with van der Waals surface area (Å²) in [5, 5.41) is 0. The van der Waals surface area contributed by atoms with Gasteiger partial charge < -0.3 is 9.64 Å². The number of alkyl halides is 3. The Morgan fingerprint density at radius 1 is 1.33 bits per heavy atom. The van der Waals surface area contributed by atoms with E-state index in [2.05, 4.69) is 13.8 Å². The lowest BCUT2D eigenvalue weighted by molar-refractivity contribution is -0.182. The van der Waals surface area contributed by atoms with Gasteiger partial charge in [-0.1, -0.05) is 26.3 Å². The van der Waals surface area contributed by atoms with Gasteiger partial charge >= 0.3 is 6.18 Å². The molecule has 0 bridgehead atoms. The van der Waals surface area contributed by atoms with Gasteiger partial charge in [-0.25, -0.2) is 0 Å². The summed E-state index contributed by atoms with van der Waals surface area (Å²) >= 11 is 0. The molecule has 1 aliphatic heterocycles. The van der Waals surface area contributed by atoms with Gasteiger partial charge in [0.2, 0.25) is 5.91 Å². The Bertz CT molecular complexity index is 501. The van der Waals surface area contributed by atoms with Crippen molar-refractivity contribution >= 4 is 5.91 Å². The summed E-state index contributed by atoms with van der Waals surface area (Å²) in [7, 11) is 1.39. The number of halogens is 3. The van der Waals surface area contributed by atoms with Gasteiger partial charge in [-0.3, -0.25) is 4.79 Å². The third-order valence-corrected chi connectivity index (χ3v) is 5.07. The maximum absolute atomic E-state index is 13.6. The van der Waals surface area contributed by atoms with Crippen molar-refractivity contribution in [1.82, 2.24) is 4.90 Å². The average Bonchev–Trinajstić information content (AvgIpc) is 2.53. The van der Waals surface area contributed by atoms with Crippen LogP contribution < -0.4 is 0 Å². The number of hydrogen-bond acceptors (Lipinski definition) is 2. The summed E-state index contributed by atoms with van der Waals surface area (Å²) in [6.07, 6.45) is 0.424. The summed E-state index contributed by atoms with van der Waals surface area (Å²) in [6.45, 7) is 8.02. The van der Waals surface area contributed by atoms with Crippen molar-refractivity contribution < 1.29 is 22.7 Å². The Morgan fingerprint density at radius 3 is 2.25 bits per heavy atom. The monoisotopic (exact) mass is 347 g/mol. The number of amides is 1. The second-order valence-electron chi connectivity index (χ2n) is 6.71. The Labute approximate surface area is 142 Å². The van der Waals surface area contributed by atoms with Crippen molar-refractivity contribution in [3.63, 3.8) is 0 Å². The van der Waals surface area contributed by atoms with Crippen molar-refractivity contribution in [2.45, 2.75) is 53.1 Å². The molecule has 0 aliphatic carbocycles. The molecule has 1 fully saturated rings. The highest BCUT2D eigenvalue weighted by molar-refractivity contribution is 5.83. The fraction of sp³-hybridized carbons (Fsp3) is 0.722. The number of likely N-dealkylation sites (tertiary alicyclic amines) is 1. The molecule has 0 aromatic carbocycles. The first-order valence-corrected chi connectivity index (χ1v) is 8.32. The number of carbonyl (C=O) groups excluding carboxylic acids is 1. The van der Waals surface area contributed by atoms with E-state index in [0.717, 1.165) is 19.3 Å². The lowest BCUT2D eigenvalue weighted by Gasteiger charge is -2.40. The molecule has 1 rings (SSSR count). The molecule has 24 heavy (non-hydrogen) atoms. The molecule has 1 atom stereocenters. The molecule has 0 aromatic heterocycles. The fourth-order valence-electron chi connectivity index (χ4n) is 2.90. The summed E-state index contributed by atoms with van der Waals surface area (Å²) in [4.78, 5) is 14.0. The Hall–Kier alpha value is -1.46. The molecular formula is C18H28F3NO2. The van der Waals surface area contributed by atoms with Crippen LogP contribution in [0, 0.1) is 11.3 Å². The van der Waals surface area contributed by atoms with Crippen molar-refractivity contribution in [3.05, 3.63) is 23.5 Å². The molecule has 1 amide bonds. The van der Waals surface area contributed by atoms with Crippen LogP contribution in [0.1, 0.15) is 47.0 Å². The molecule has 1 heterocycles. The first kappa shape index (κ1) is 20.6. The van der Waals surface area contributed by atoms with Gasteiger partial charge in [-0.15, -0.1) is 0 Å². The van der Waals surface area contributed by atoms with Crippen LogP contribution in [-0.2, 0) is 9.53 Å². The highest BCUT2D eigenvalue weighted by Crippen LogP contribution is 2.38. The molecule has 1 saturated heterocycles. The van der Waals surface area contributed by atoms with Crippen LogP contribution in [-0.4, -0.2) is 37.2 Å².